The molecule has 3 aliphatic heterocycles. The molecule has 0 saturated carbocycles. The molecular weight excluding hydrogens is 496 g/mol. The van der Waals surface area contributed by atoms with Crippen LogP contribution in [-0.4, -0.2) is 71.3 Å². The molecule has 3 fully saturated rings. The third kappa shape index (κ3) is 4.93. The molecule has 1 spiro atoms. The Hall–Kier alpha value is -2.97. The first kappa shape index (κ1) is 29.0. The minimum Gasteiger partial charge on any atom is -0.465 e. The van der Waals surface area contributed by atoms with Crippen molar-refractivity contribution in [3.8, 4) is 0 Å². The molecule has 2 bridgehead atoms. The molecule has 0 radical (unpaired) electrons. The number of carbonyl (C=O) groups excluding carboxylic acids is 3. The van der Waals surface area contributed by atoms with Gasteiger partial charge in [-0.3, -0.25) is 14.4 Å². The predicted molar refractivity (Wildman–Crippen MR) is 149 cm³/mol. The standard InChI is InChI=1S/C31H42N2O6/c1-6-9-10-11-18-38-30(37)24-23-15-16-31(39-23)25(24)28(35)33(22(8-3)19-34)27(31)29(36)32(17-7-2)26-20(4)13-12-14-21(26)5/h6-7,12-14,22-25,27,34H,1-2,8-11,15-19H2,3-5H3/t22-,23-,24+,25-,27?,31?/m0/s1. The number of aryl methyl sites for hydroxylation is 2. The Balaban J connectivity index is 1.73. The van der Waals surface area contributed by atoms with E-state index < -0.39 is 41.6 Å². The van der Waals surface area contributed by atoms with E-state index in [1.54, 1.807) is 11.0 Å². The van der Waals surface area contributed by atoms with Gasteiger partial charge in [0.15, 0.2) is 0 Å². The lowest BCUT2D eigenvalue weighted by molar-refractivity contribution is -0.156. The summed E-state index contributed by atoms with van der Waals surface area (Å²) in [4.78, 5) is 45.3. The Kier molecular flexibility index (Phi) is 8.96. The average Bonchev–Trinajstić information content (AvgIpc) is 3.56. The average molecular weight is 539 g/mol. The van der Waals surface area contributed by atoms with Gasteiger partial charge in [-0.1, -0.05) is 37.3 Å². The van der Waals surface area contributed by atoms with Gasteiger partial charge in [-0.05, 0) is 63.5 Å². The Bertz CT molecular complexity index is 1090. The highest BCUT2D eigenvalue weighted by Crippen LogP contribution is 2.59. The maximum Gasteiger partial charge on any atom is 0.312 e. The summed E-state index contributed by atoms with van der Waals surface area (Å²) in [7, 11) is 0. The van der Waals surface area contributed by atoms with Crippen LogP contribution in [0, 0.1) is 25.7 Å². The van der Waals surface area contributed by atoms with Crippen molar-refractivity contribution < 1.29 is 29.0 Å². The molecule has 3 aliphatic rings. The summed E-state index contributed by atoms with van der Waals surface area (Å²) in [6.45, 7) is 13.6. The zero-order valence-electron chi connectivity index (χ0n) is 23.4. The van der Waals surface area contributed by atoms with Gasteiger partial charge < -0.3 is 24.4 Å². The molecule has 1 aromatic carbocycles. The Morgan fingerprint density at radius 3 is 2.59 bits per heavy atom. The molecule has 212 valence electrons. The third-order valence-electron chi connectivity index (χ3n) is 8.65. The van der Waals surface area contributed by atoms with E-state index in [9.17, 15) is 19.5 Å². The van der Waals surface area contributed by atoms with Gasteiger partial charge in [0.05, 0.1) is 37.2 Å². The van der Waals surface area contributed by atoms with Crippen molar-refractivity contribution >= 4 is 23.5 Å². The van der Waals surface area contributed by atoms with Gasteiger partial charge in [0, 0.05) is 12.2 Å². The number of nitrogens with zero attached hydrogens (tertiary/aromatic N) is 2. The van der Waals surface area contributed by atoms with E-state index in [4.69, 9.17) is 9.47 Å². The smallest absolute Gasteiger partial charge is 0.312 e. The fraction of sp³-hybridized carbons (Fsp3) is 0.581. The molecular formula is C31H42N2O6. The number of fused-ring (bicyclic) bond motifs is 1. The number of likely N-dealkylation sites (tertiary alicyclic amines) is 1. The number of carbonyl (C=O) groups is 3. The van der Waals surface area contributed by atoms with E-state index in [2.05, 4.69) is 13.2 Å². The number of amides is 2. The number of anilines is 1. The van der Waals surface area contributed by atoms with Gasteiger partial charge in [0.25, 0.3) is 5.91 Å². The largest absolute Gasteiger partial charge is 0.465 e. The number of benzene rings is 1. The van der Waals surface area contributed by atoms with Crippen LogP contribution in [0.2, 0.25) is 0 Å². The second-order valence-electron chi connectivity index (χ2n) is 11.0. The number of hydrogen-bond acceptors (Lipinski definition) is 6. The van der Waals surface area contributed by atoms with Crippen molar-refractivity contribution in [1.82, 2.24) is 4.90 Å². The lowest BCUT2D eigenvalue weighted by atomic mass is 9.70. The molecule has 3 saturated heterocycles. The molecule has 1 aromatic rings. The number of unbranched alkanes of at least 4 members (excludes halogenated alkanes) is 2. The highest BCUT2D eigenvalue weighted by Gasteiger charge is 2.75. The number of hydrogen-bond donors (Lipinski definition) is 1. The van der Waals surface area contributed by atoms with E-state index in [-0.39, 0.29) is 31.6 Å². The maximum atomic E-state index is 14.6. The van der Waals surface area contributed by atoms with Gasteiger partial charge in [-0.2, -0.15) is 0 Å². The van der Waals surface area contributed by atoms with Gasteiger partial charge in [0.1, 0.15) is 11.6 Å². The monoisotopic (exact) mass is 538 g/mol. The number of para-hydroxylation sites is 1. The van der Waals surface area contributed by atoms with Crippen LogP contribution in [0.1, 0.15) is 56.6 Å². The van der Waals surface area contributed by atoms with E-state index in [1.165, 1.54) is 4.90 Å². The molecule has 2 unspecified atom stereocenters. The molecule has 1 N–H and O–H groups in total. The number of aliphatic hydroxyl groups is 1. The van der Waals surface area contributed by atoms with Crippen LogP contribution in [0.15, 0.2) is 43.5 Å². The van der Waals surface area contributed by atoms with E-state index in [1.807, 2.05) is 45.0 Å². The fourth-order valence-corrected chi connectivity index (χ4v) is 6.90. The summed E-state index contributed by atoms with van der Waals surface area (Å²) in [5.41, 5.74) is 1.48. The highest BCUT2D eigenvalue weighted by atomic mass is 16.6. The molecule has 6 atom stereocenters. The number of aliphatic hydroxyl groups excluding tert-OH is 1. The molecule has 0 aromatic heterocycles. The quantitative estimate of drug-likeness (QED) is 0.233. The van der Waals surface area contributed by atoms with Gasteiger partial charge in [-0.25, -0.2) is 0 Å². The molecule has 3 heterocycles. The van der Waals surface area contributed by atoms with E-state index in [0.717, 1.165) is 29.7 Å². The van der Waals surface area contributed by atoms with Crippen molar-refractivity contribution in [3.63, 3.8) is 0 Å². The SMILES string of the molecule is C=CCCCCOC(=O)[C@@H]1[C@@H]2CCC3(O2)C(C(=O)N(CC=C)c2c(C)cccc2C)N([C@@H](CC)CO)C(=O)[C@H]13. The maximum absolute atomic E-state index is 14.6. The lowest BCUT2D eigenvalue weighted by Crippen LogP contribution is -2.59. The van der Waals surface area contributed by atoms with Crippen LogP contribution < -0.4 is 4.90 Å². The number of ether oxygens (including phenoxy) is 2. The molecule has 8 heteroatoms. The van der Waals surface area contributed by atoms with E-state index >= 15 is 0 Å². The van der Waals surface area contributed by atoms with Crippen LogP contribution in [-0.2, 0) is 23.9 Å². The van der Waals surface area contributed by atoms with Crippen molar-refractivity contribution in [1.29, 1.82) is 0 Å². The second kappa shape index (κ2) is 12.0. The first-order valence-corrected chi connectivity index (χ1v) is 14.1. The molecule has 4 rings (SSSR count). The summed E-state index contributed by atoms with van der Waals surface area (Å²) >= 11 is 0. The van der Waals surface area contributed by atoms with Crippen LogP contribution in [0.3, 0.4) is 0 Å². The third-order valence-corrected chi connectivity index (χ3v) is 8.65. The van der Waals surface area contributed by atoms with Crippen LogP contribution in [0.4, 0.5) is 5.69 Å². The Morgan fingerprint density at radius 2 is 1.97 bits per heavy atom. The number of allylic oxidation sites excluding steroid dienone is 1. The zero-order valence-corrected chi connectivity index (χ0v) is 23.4. The van der Waals surface area contributed by atoms with Crippen LogP contribution in [0.5, 0.6) is 0 Å². The number of rotatable bonds is 13. The molecule has 2 amide bonds. The summed E-state index contributed by atoms with van der Waals surface area (Å²) < 4.78 is 12.2. The lowest BCUT2D eigenvalue weighted by Gasteiger charge is -2.39. The summed E-state index contributed by atoms with van der Waals surface area (Å²) in [6.07, 6.45) is 6.96. The second-order valence-corrected chi connectivity index (χ2v) is 11.0. The summed E-state index contributed by atoms with van der Waals surface area (Å²) in [5.74, 6) is -2.63. The molecule has 0 aliphatic carbocycles. The topological polar surface area (TPSA) is 96.4 Å². The van der Waals surface area contributed by atoms with Gasteiger partial charge in [0.2, 0.25) is 5.91 Å². The van der Waals surface area contributed by atoms with E-state index in [0.29, 0.717) is 25.7 Å². The molecule has 8 nitrogen and oxygen atoms in total. The highest BCUT2D eigenvalue weighted by molar-refractivity contribution is 6.05. The van der Waals surface area contributed by atoms with Crippen molar-refractivity contribution in [3.05, 3.63) is 54.6 Å². The van der Waals surface area contributed by atoms with Crippen molar-refractivity contribution in [2.75, 3.05) is 24.7 Å². The minimum absolute atomic E-state index is 0.249. The normalized spacial score (nSPS) is 27.8. The van der Waals surface area contributed by atoms with Gasteiger partial charge >= 0.3 is 5.97 Å². The Morgan fingerprint density at radius 1 is 1.26 bits per heavy atom. The van der Waals surface area contributed by atoms with Crippen LogP contribution >= 0.6 is 0 Å². The Labute approximate surface area is 231 Å². The number of esters is 1. The predicted octanol–water partition coefficient (Wildman–Crippen LogP) is 3.87. The molecule has 39 heavy (non-hydrogen) atoms. The van der Waals surface area contributed by atoms with Gasteiger partial charge in [-0.15, -0.1) is 13.2 Å². The zero-order chi connectivity index (χ0) is 28.3. The van der Waals surface area contributed by atoms with Crippen molar-refractivity contribution in [2.45, 2.75) is 83.1 Å². The van der Waals surface area contributed by atoms with Crippen LogP contribution in [0.25, 0.3) is 0 Å². The van der Waals surface area contributed by atoms with Crippen molar-refractivity contribution in [2.24, 2.45) is 11.8 Å². The summed E-state index contributed by atoms with van der Waals surface area (Å²) in [5, 5.41) is 10.3. The minimum atomic E-state index is -1.15. The summed E-state index contributed by atoms with van der Waals surface area (Å²) in [6, 6.07) is 4.30. The first-order valence-electron chi connectivity index (χ1n) is 14.1. The first-order chi connectivity index (χ1) is 18.8. The fourth-order valence-electron chi connectivity index (χ4n) is 6.90.